The van der Waals surface area contributed by atoms with E-state index in [0.717, 1.165) is 18.8 Å². The third kappa shape index (κ3) is 3.59. The number of nitrogens with one attached hydrogen (secondary N) is 1. The molecule has 0 unspecified atom stereocenters. The highest BCUT2D eigenvalue weighted by Gasteiger charge is 2.29. The van der Waals surface area contributed by atoms with Crippen LogP contribution in [0.5, 0.6) is 0 Å². The minimum Gasteiger partial charge on any atom is -0.388 e. The van der Waals surface area contributed by atoms with E-state index in [4.69, 9.17) is 4.74 Å². The summed E-state index contributed by atoms with van der Waals surface area (Å²) in [5.41, 5.74) is 0.973. The first-order chi connectivity index (χ1) is 10.7. The van der Waals surface area contributed by atoms with Crippen LogP contribution in [0.15, 0.2) is 18.2 Å². The van der Waals surface area contributed by atoms with Crippen LogP contribution in [0.3, 0.4) is 0 Å². The Bertz CT molecular complexity index is 497. The standard InChI is InChI=1S/C17H25FN2O2/c18-15-4-3-5-16(20-8-1-2-9-20)14(15)12-19-13-17(21)6-10-22-11-7-17/h3-5,19,21H,1-2,6-13H2. The molecule has 2 N–H and O–H groups in total. The van der Waals surface area contributed by atoms with Gasteiger partial charge in [0.2, 0.25) is 0 Å². The molecule has 4 nitrogen and oxygen atoms in total. The van der Waals surface area contributed by atoms with Gasteiger partial charge in [-0.05, 0) is 25.0 Å². The molecule has 2 saturated heterocycles. The van der Waals surface area contributed by atoms with Gasteiger partial charge in [0, 0.05) is 63.5 Å². The molecule has 0 aromatic heterocycles. The first-order valence-electron chi connectivity index (χ1n) is 8.21. The van der Waals surface area contributed by atoms with Crippen molar-refractivity contribution in [1.29, 1.82) is 0 Å². The highest BCUT2D eigenvalue weighted by atomic mass is 19.1. The molecule has 0 bridgehead atoms. The third-order valence-electron chi connectivity index (χ3n) is 4.72. The van der Waals surface area contributed by atoms with Crippen LogP contribution in [-0.2, 0) is 11.3 Å². The molecular weight excluding hydrogens is 283 g/mol. The second-order valence-corrected chi connectivity index (χ2v) is 6.37. The molecular formula is C17H25FN2O2. The fourth-order valence-electron chi connectivity index (χ4n) is 3.32. The molecule has 0 spiro atoms. The molecule has 0 atom stereocenters. The predicted octanol–water partition coefficient (Wildman–Crippen LogP) is 2.06. The summed E-state index contributed by atoms with van der Waals surface area (Å²) in [5.74, 6) is -0.170. The van der Waals surface area contributed by atoms with E-state index < -0.39 is 5.60 Å². The number of hydrogen-bond donors (Lipinski definition) is 2. The van der Waals surface area contributed by atoms with E-state index in [1.807, 2.05) is 6.07 Å². The van der Waals surface area contributed by atoms with Crippen molar-refractivity contribution < 1.29 is 14.2 Å². The van der Waals surface area contributed by atoms with Gasteiger partial charge in [-0.3, -0.25) is 0 Å². The molecule has 0 aliphatic carbocycles. The first-order valence-corrected chi connectivity index (χ1v) is 8.21. The van der Waals surface area contributed by atoms with E-state index in [-0.39, 0.29) is 5.82 Å². The van der Waals surface area contributed by atoms with Gasteiger partial charge in [-0.2, -0.15) is 0 Å². The first kappa shape index (κ1) is 15.7. The van der Waals surface area contributed by atoms with Crippen molar-refractivity contribution >= 4 is 5.69 Å². The maximum Gasteiger partial charge on any atom is 0.129 e. The van der Waals surface area contributed by atoms with Crippen LogP contribution in [0.25, 0.3) is 0 Å². The Balaban J connectivity index is 1.64. The van der Waals surface area contributed by atoms with Gasteiger partial charge in [0.05, 0.1) is 5.60 Å². The molecule has 1 aromatic carbocycles. The van der Waals surface area contributed by atoms with Crippen molar-refractivity contribution in [2.75, 3.05) is 37.7 Å². The minimum absolute atomic E-state index is 0.170. The summed E-state index contributed by atoms with van der Waals surface area (Å²) >= 11 is 0. The summed E-state index contributed by atoms with van der Waals surface area (Å²) in [6.45, 7) is 4.11. The van der Waals surface area contributed by atoms with E-state index in [9.17, 15) is 9.50 Å². The molecule has 5 heteroatoms. The van der Waals surface area contributed by atoms with Crippen molar-refractivity contribution in [2.24, 2.45) is 0 Å². The van der Waals surface area contributed by atoms with Crippen LogP contribution in [0.1, 0.15) is 31.2 Å². The summed E-state index contributed by atoms with van der Waals surface area (Å²) in [5, 5.41) is 13.7. The average molecular weight is 308 g/mol. The number of rotatable bonds is 5. The van der Waals surface area contributed by atoms with E-state index in [0.29, 0.717) is 44.7 Å². The highest BCUT2D eigenvalue weighted by molar-refractivity contribution is 5.54. The number of benzene rings is 1. The molecule has 2 aliphatic rings. The summed E-state index contributed by atoms with van der Waals surface area (Å²) < 4.78 is 19.5. The molecule has 0 amide bonds. The molecule has 2 heterocycles. The van der Waals surface area contributed by atoms with E-state index in [1.54, 1.807) is 6.07 Å². The summed E-state index contributed by atoms with van der Waals surface area (Å²) in [4.78, 5) is 2.25. The van der Waals surface area contributed by atoms with Gasteiger partial charge in [-0.25, -0.2) is 4.39 Å². The molecule has 0 saturated carbocycles. The molecule has 0 radical (unpaired) electrons. The average Bonchev–Trinajstić information content (AvgIpc) is 3.03. The quantitative estimate of drug-likeness (QED) is 0.874. The lowest BCUT2D eigenvalue weighted by Crippen LogP contribution is -2.45. The largest absolute Gasteiger partial charge is 0.388 e. The van der Waals surface area contributed by atoms with Crippen LogP contribution in [-0.4, -0.2) is 43.6 Å². The number of halogens is 1. The Morgan fingerprint density at radius 1 is 1.23 bits per heavy atom. The Hall–Kier alpha value is -1.17. The topological polar surface area (TPSA) is 44.7 Å². The fourth-order valence-corrected chi connectivity index (χ4v) is 3.32. The van der Waals surface area contributed by atoms with Crippen molar-refractivity contribution in [3.63, 3.8) is 0 Å². The van der Waals surface area contributed by atoms with Gasteiger partial charge < -0.3 is 20.1 Å². The lowest BCUT2D eigenvalue weighted by atomic mass is 9.94. The summed E-state index contributed by atoms with van der Waals surface area (Å²) in [7, 11) is 0. The lowest BCUT2D eigenvalue weighted by molar-refractivity contribution is -0.0617. The Morgan fingerprint density at radius 3 is 2.68 bits per heavy atom. The Labute approximate surface area is 131 Å². The van der Waals surface area contributed by atoms with Gasteiger partial charge in [0.1, 0.15) is 5.82 Å². The molecule has 122 valence electrons. The highest BCUT2D eigenvalue weighted by Crippen LogP contribution is 2.27. The lowest BCUT2D eigenvalue weighted by Gasteiger charge is -2.32. The van der Waals surface area contributed by atoms with Gasteiger partial charge >= 0.3 is 0 Å². The Morgan fingerprint density at radius 2 is 1.95 bits per heavy atom. The van der Waals surface area contributed by atoms with Crippen molar-refractivity contribution in [3.8, 4) is 0 Å². The van der Waals surface area contributed by atoms with Gasteiger partial charge in [0.25, 0.3) is 0 Å². The zero-order valence-corrected chi connectivity index (χ0v) is 13.0. The number of aliphatic hydroxyl groups is 1. The number of nitrogens with zero attached hydrogens (tertiary/aromatic N) is 1. The smallest absolute Gasteiger partial charge is 0.129 e. The van der Waals surface area contributed by atoms with Crippen LogP contribution in [0, 0.1) is 5.82 Å². The zero-order chi connectivity index (χ0) is 15.4. The van der Waals surface area contributed by atoms with Crippen molar-refractivity contribution in [2.45, 2.75) is 37.8 Å². The Kier molecular flexibility index (Phi) is 4.96. The van der Waals surface area contributed by atoms with Crippen LogP contribution in [0.4, 0.5) is 10.1 Å². The van der Waals surface area contributed by atoms with Crippen LogP contribution in [0.2, 0.25) is 0 Å². The van der Waals surface area contributed by atoms with Crippen molar-refractivity contribution in [3.05, 3.63) is 29.6 Å². The van der Waals surface area contributed by atoms with E-state index >= 15 is 0 Å². The second-order valence-electron chi connectivity index (χ2n) is 6.37. The SMILES string of the molecule is OC1(CNCc2c(F)cccc2N2CCCC2)CCOCC1. The van der Waals surface area contributed by atoms with E-state index in [1.165, 1.54) is 18.9 Å². The molecule has 2 fully saturated rings. The maximum absolute atomic E-state index is 14.2. The summed E-state index contributed by atoms with van der Waals surface area (Å²) in [6.07, 6.45) is 3.61. The molecule has 3 rings (SSSR count). The monoisotopic (exact) mass is 308 g/mol. The minimum atomic E-state index is -0.725. The number of anilines is 1. The molecule has 2 aliphatic heterocycles. The number of hydrogen-bond acceptors (Lipinski definition) is 4. The van der Waals surface area contributed by atoms with E-state index in [2.05, 4.69) is 10.2 Å². The van der Waals surface area contributed by atoms with Crippen LogP contribution < -0.4 is 10.2 Å². The van der Waals surface area contributed by atoms with Crippen molar-refractivity contribution in [1.82, 2.24) is 5.32 Å². The zero-order valence-electron chi connectivity index (χ0n) is 13.0. The molecule has 1 aromatic rings. The normalized spacial score (nSPS) is 21.3. The maximum atomic E-state index is 14.2. The molecule has 22 heavy (non-hydrogen) atoms. The predicted molar refractivity (Wildman–Crippen MR) is 84.6 cm³/mol. The summed E-state index contributed by atoms with van der Waals surface area (Å²) in [6, 6.07) is 5.28. The van der Waals surface area contributed by atoms with Gasteiger partial charge in [0.15, 0.2) is 0 Å². The van der Waals surface area contributed by atoms with Crippen LogP contribution >= 0.6 is 0 Å². The fraction of sp³-hybridized carbons (Fsp3) is 0.647. The number of ether oxygens (including phenoxy) is 1. The third-order valence-corrected chi connectivity index (χ3v) is 4.72. The second kappa shape index (κ2) is 6.94. The van der Waals surface area contributed by atoms with Gasteiger partial charge in [-0.1, -0.05) is 6.07 Å². The van der Waals surface area contributed by atoms with Gasteiger partial charge in [-0.15, -0.1) is 0 Å².